The van der Waals surface area contributed by atoms with Crippen LogP contribution in [-0.2, 0) is 15.9 Å². The van der Waals surface area contributed by atoms with Gasteiger partial charge in [0.2, 0.25) is 0 Å². The first-order valence-corrected chi connectivity index (χ1v) is 17.9. The molecular weight excluding hydrogens is 770 g/mol. The predicted octanol–water partition coefficient (Wildman–Crippen LogP) is 8.62. The molecule has 4 rings (SSSR count). The van der Waals surface area contributed by atoms with E-state index in [0.29, 0.717) is 11.8 Å². The summed E-state index contributed by atoms with van der Waals surface area (Å²) in [5, 5.41) is 0. The van der Waals surface area contributed by atoms with Gasteiger partial charge in [-0.1, -0.05) is 0 Å². The zero-order valence-corrected chi connectivity index (χ0v) is 32.3. The van der Waals surface area contributed by atoms with E-state index in [9.17, 15) is 9.59 Å². The van der Waals surface area contributed by atoms with Crippen molar-refractivity contribution in [3.63, 3.8) is 0 Å². The van der Waals surface area contributed by atoms with Crippen LogP contribution in [0.15, 0.2) is 50.3 Å². The molecule has 0 aromatic carbocycles. The van der Waals surface area contributed by atoms with Gasteiger partial charge < -0.3 is 25.0 Å². The SMILES string of the molecule is Brc1cncc(Br)c1.CC(C)(C)OC(=O)N1CCC(CCc2cncc(Br)c2)CC1.CC(C)(C)OC(=O)N1CCC(CN)CC1. The van der Waals surface area contributed by atoms with E-state index in [1.807, 2.05) is 64.9 Å². The number of piperidine rings is 2. The molecule has 2 aromatic rings. The topological polar surface area (TPSA) is 111 Å². The van der Waals surface area contributed by atoms with Gasteiger partial charge in [-0.15, -0.1) is 0 Å². The van der Waals surface area contributed by atoms with E-state index in [2.05, 4.69) is 63.8 Å². The second-order valence-corrected chi connectivity index (χ2v) is 16.2. The molecule has 2 N–H and O–H groups in total. The highest BCUT2D eigenvalue weighted by atomic mass is 79.9. The molecule has 2 fully saturated rings. The molecule has 0 saturated carbocycles. The van der Waals surface area contributed by atoms with E-state index >= 15 is 0 Å². The lowest BCUT2D eigenvalue weighted by atomic mass is 9.91. The molecule has 2 aliphatic rings. The van der Waals surface area contributed by atoms with Crippen LogP contribution in [0.3, 0.4) is 0 Å². The monoisotopic (exact) mass is 817 g/mol. The lowest BCUT2D eigenvalue weighted by molar-refractivity contribution is 0.0173. The molecule has 0 radical (unpaired) electrons. The maximum Gasteiger partial charge on any atom is 0.410 e. The summed E-state index contributed by atoms with van der Waals surface area (Å²) >= 11 is 9.99. The normalized spacial score (nSPS) is 16.1. The number of hydrogen-bond acceptors (Lipinski definition) is 7. The van der Waals surface area contributed by atoms with Gasteiger partial charge in [-0.3, -0.25) is 9.97 Å². The number of rotatable bonds is 4. The maximum atomic E-state index is 12.0. The summed E-state index contributed by atoms with van der Waals surface area (Å²) in [6.07, 6.45) is 13.1. The standard InChI is InChI=1S/C17H25BrN2O2.C11H22N2O2.C5H3Br2N/c1-17(2,3)22-16(21)20-8-6-13(7-9-20)4-5-14-10-15(18)12-19-11-14;1-11(2,3)15-10(14)13-6-4-9(8-12)5-7-13;6-4-1-5(7)3-8-2-4/h10-13H,4-9H2,1-3H3;9H,4-8,12H2,1-3H3;1-3H. The molecule has 0 bridgehead atoms. The van der Waals surface area contributed by atoms with Gasteiger partial charge in [0.1, 0.15) is 11.2 Å². The highest BCUT2D eigenvalue weighted by molar-refractivity contribution is 9.11. The summed E-state index contributed by atoms with van der Waals surface area (Å²) in [5.74, 6) is 1.25. The first kappa shape index (κ1) is 39.4. The van der Waals surface area contributed by atoms with Crippen LogP contribution in [0.2, 0.25) is 0 Å². The van der Waals surface area contributed by atoms with Crippen LogP contribution in [0.25, 0.3) is 0 Å². The van der Waals surface area contributed by atoms with Crippen molar-refractivity contribution in [3.05, 3.63) is 55.9 Å². The summed E-state index contributed by atoms with van der Waals surface area (Å²) in [7, 11) is 0. The summed E-state index contributed by atoms with van der Waals surface area (Å²) in [6.45, 7) is 15.3. The van der Waals surface area contributed by atoms with Gasteiger partial charge >= 0.3 is 12.2 Å². The lowest BCUT2D eigenvalue weighted by Crippen LogP contribution is -2.42. The van der Waals surface area contributed by atoms with Crippen molar-refractivity contribution in [1.82, 2.24) is 19.8 Å². The molecule has 2 amide bonds. The molecule has 2 saturated heterocycles. The Morgan fingerprint density at radius 3 is 1.49 bits per heavy atom. The van der Waals surface area contributed by atoms with E-state index in [1.54, 1.807) is 17.3 Å². The number of pyridine rings is 2. The summed E-state index contributed by atoms with van der Waals surface area (Å²) in [5.41, 5.74) is 6.04. The van der Waals surface area contributed by atoms with Gasteiger partial charge in [-0.2, -0.15) is 0 Å². The number of likely N-dealkylation sites (tertiary alicyclic amines) is 2. The van der Waals surface area contributed by atoms with Gasteiger partial charge in [-0.25, -0.2) is 9.59 Å². The van der Waals surface area contributed by atoms with E-state index in [0.717, 1.165) is 84.7 Å². The minimum Gasteiger partial charge on any atom is -0.444 e. The number of aryl methyl sites for hydroxylation is 1. The lowest BCUT2D eigenvalue weighted by Gasteiger charge is -2.33. The highest BCUT2D eigenvalue weighted by Gasteiger charge is 2.27. The molecule has 2 aliphatic heterocycles. The quantitative estimate of drug-likeness (QED) is 0.329. The number of aromatic nitrogens is 2. The Morgan fingerprint density at radius 1 is 0.733 bits per heavy atom. The maximum absolute atomic E-state index is 12.0. The number of halogens is 3. The van der Waals surface area contributed by atoms with Crippen molar-refractivity contribution in [2.75, 3.05) is 32.7 Å². The molecular formula is C33H50Br3N5O4. The Labute approximate surface area is 294 Å². The molecule has 0 spiro atoms. The molecule has 0 aliphatic carbocycles. The number of nitrogens with zero attached hydrogens (tertiary/aromatic N) is 4. The van der Waals surface area contributed by atoms with Crippen LogP contribution in [0, 0.1) is 11.8 Å². The predicted molar refractivity (Wildman–Crippen MR) is 190 cm³/mol. The summed E-state index contributed by atoms with van der Waals surface area (Å²) < 4.78 is 13.7. The Kier molecular flexibility index (Phi) is 16.8. The van der Waals surface area contributed by atoms with Crippen LogP contribution in [0.1, 0.15) is 79.2 Å². The van der Waals surface area contributed by atoms with E-state index < -0.39 is 11.2 Å². The number of carbonyl (C=O) groups excluding carboxylic acids is 2. The fourth-order valence-corrected chi connectivity index (χ4v) is 6.21. The van der Waals surface area contributed by atoms with Gasteiger partial charge in [0.15, 0.2) is 0 Å². The fourth-order valence-electron chi connectivity index (χ4n) is 4.76. The highest BCUT2D eigenvalue weighted by Crippen LogP contribution is 2.24. The van der Waals surface area contributed by atoms with E-state index in [4.69, 9.17) is 15.2 Å². The number of nitrogens with two attached hydrogens (primary N) is 1. The Morgan fingerprint density at radius 2 is 1.13 bits per heavy atom. The minimum absolute atomic E-state index is 0.179. The number of carbonyl (C=O) groups is 2. The molecule has 4 heterocycles. The van der Waals surface area contributed by atoms with Crippen molar-refractivity contribution in [2.45, 2.75) is 91.3 Å². The molecule has 252 valence electrons. The largest absolute Gasteiger partial charge is 0.444 e. The first-order valence-electron chi connectivity index (χ1n) is 15.6. The third-order valence-electron chi connectivity index (χ3n) is 7.14. The molecule has 0 unspecified atom stereocenters. The van der Waals surface area contributed by atoms with Crippen LogP contribution < -0.4 is 5.73 Å². The molecule has 2 aromatic heterocycles. The molecule has 45 heavy (non-hydrogen) atoms. The molecule has 0 atom stereocenters. The van der Waals surface area contributed by atoms with Crippen LogP contribution in [0.4, 0.5) is 9.59 Å². The van der Waals surface area contributed by atoms with Gasteiger partial charge in [-0.05, 0) is 164 Å². The van der Waals surface area contributed by atoms with Gasteiger partial charge in [0, 0.05) is 64.4 Å². The van der Waals surface area contributed by atoms with Crippen LogP contribution in [-0.4, -0.2) is 75.9 Å². The molecule has 9 nitrogen and oxygen atoms in total. The average molecular weight is 821 g/mol. The zero-order chi connectivity index (χ0) is 33.6. The third kappa shape index (κ3) is 17.1. The van der Waals surface area contributed by atoms with Crippen LogP contribution in [0.5, 0.6) is 0 Å². The summed E-state index contributed by atoms with van der Waals surface area (Å²) in [4.78, 5) is 35.4. The smallest absolute Gasteiger partial charge is 0.410 e. The van der Waals surface area contributed by atoms with Crippen molar-refractivity contribution >= 4 is 60.0 Å². The molecule has 12 heteroatoms. The third-order valence-corrected chi connectivity index (χ3v) is 8.44. The van der Waals surface area contributed by atoms with Crippen molar-refractivity contribution in [3.8, 4) is 0 Å². The Hall–Kier alpha value is -1.76. The number of hydrogen-bond donors (Lipinski definition) is 1. The first-order chi connectivity index (χ1) is 21.0. The fraction of sp³-hybridized carbons (Fsp3) is 0.636. The second kappa shape index (κ2) is 19.2. The summed E-state index contributed by atoms with van der Waals surface area (Å²) in [6, 6.07) is 4.07. The van der Waals surface area contributed by atoms with Gasteiger partial charge in [0.05, 0.1) is 0 Å². The Bertz CT molecular complexity index is 1170. The van der Waals surface area contributed by atoms with Gasteiger partial charge in [0.25, 0.3) is 0 Å². The van der Waals surface area contributed by atoms with E-state index in [1.165, 1.54) is 5.56 Å². The zero-order valence-electron chi connectivity index (χ0n) is 27.5. The number of ether oxygens (including phenoxy) is 2. The van der Waals surface area contributed by atoms with E-state index in [-0.39, 0.29) is 12.2 Å². The second-order valence-electron chi connectivity index (χ2n) is 13.4. The minimum atomic E-state index is -0.415. The van der Waals surface area contributed by atoms with Crippen LogP contribution >= 0.6 is 47.8 Å². The Balaban J connectivity index is 0.000000263. The van der Waals surface area contributed by atoms with Crippen molar-refractivity contribution in [1.29, 1.82) is 0 Å². The van der Waals surface area contributed by atoms with Crippen molar-refractivity contribution < 1.29 is 19.1 Å². The number of amides is 2. The average Bonchev–Trinajstić information content (AvgIpc) is 2.95. The van der Waals surface area contributed by atoms with Crippen molar-refractivity contribution in [2.24, 2.45) is 17.6 Å².